The van der Waals surface area contributed by atoms with Gasteiger partial charge in [-0.3, -0.25) is 4.79 Å². The minimum Gasteiger partial charge on any atom is -0.496 e. The van der Waals surface area contributed by atoms with E-state index in [2.05, 4.69) is 10.5 Å². The Morgan fingerprint density at radius 3 is 2.31 bits per heavy atom. The molecule has 5 aromatic carbocycles. The third-order valence-corrected chi connectivity index (χ3v) is 6.16. The zero-order valence-electron chi connectivity index (χ0n) is 19.6. The van der Waals surface area contributed by atoms with Crippen LogP contribution in [0.25, 0.3) is 21.5 Å². The molecule has 6 heteroatoms. The van der Waals surface area contributed by atoms with E-state index in [4.69, 9.17) is 21.1 Å². The molecule has 0 bridgehead atoms. The molecule has 0 atom stereocenters. The minimum absolute atomic E-state index is 0.363. The molecule has 0 aliphatic carbocycles. The highest BCUT2D eigenvalue weighted by Crippen LogP contribution is 2.28. The van der Waals surface area contributed by atoms with Crippen LogP contribution < -0.4 is 14.9 Å². The molecule has 0 fully saturated rings. The second kappa shape index (κ2) is 10.5. The lowest BCUT2D eigenvalue weighted by Gasteiger charge is -2.12. The van der Waals surface area contributed by atoms with E-state index in [0.29, 0.717) is 28.7 Å². The molecule has 0 aliphatic heterocycles. The summed E-state index contributed by atoms with van der Waals surface area (Å²) < 4.78 is 11.6. The van der Waals surface area contributed by atoms with Gasteiger partial charge in [0, 0.05) is 10.6 Å². The van der Waals surface area contributed by atoms with Crippen molar-refractivity contribution < 1.29 is 14.3 Å². The molecule has 178 valence electrons. The summed E-state index contributed by atoms with van der Waals surface area (Å²) in [6.45, 7) is 0.372. The predicted octanol–water partition coefficient (Wildman–Crippen LogP) is 7.00. The third-order valence-electron chi connectivity index (χ3n) is 5.91. The lowest BCUT2D eigenvalue weighted by molar-refractivity contribution is 0.0952. The van der Waals surface area contributed by atoms with Crippen LogP contribution in [-0.2, 0) is 6.61 Å². The van der Waals surface area contributed by atoms with Crippen LogP contribution in [0.4, 0.5) is 0 Å². The number of halogens is 1. The van der Waals surface area contributed by atoms with E-state index in [9.17, 15) is 4.79 Å². The number of hydrazone groups is 1. The molecule has 0 saturated heterocycles. The van der Waals surface area contributed by atoms with Gasteiger partial charge in [0.2, 0.25) is 0 Å². The summed E-state index contributed by atoms with van der Waals surface area (Å²) in [5.74, 6) is 0.779. The Morgan fingerprint density at radius 2 is 1.56 bits per heavy atom. The minimum atomic E-state index is -0.363. The third kappa shape index (κ3) is 5.02. The largest absolute Gasteiger partial charge is 0.496 e. The number of carbonyl (C=O) groups excluding carboxylic acids is 1. The topological polar surface area (TPSA) is 59.9 Å². The lowest BCUT2D eigenvalue weighted by Crippen LogP contribution is -2.18. The maximum atomic E-state index is 13.0. The van der Waals surface area contributed by atoms with Gasteiger partial charge in [0.1, 0.15) is 18.1 Å². The van der Waals surface area contributed by atoms with Crippen molar-refractivity contribution >= 4 is 45.3 Å². The van der Waals surface area contributed by atoms with E-state index in [1.54, 1.807) is 19.4 Å². The van der Waals surface area contributed by atoms with Crippen LogP contribution in [0, 0.1) is 0 Å². The Balaban J connectivity index is 1.42. The van der Waals surface area contributed by atoms with Crippen LogP contribution in [-0.4, -0.2) is 19.2 Å². The summed E-state index contributed by atoms with van der Waals surface area (Å²) in [4.78, 5) is 13.0. The molecule has 1 amide bonds. The zero-order valence-corrected chi connectivity index (χ0v) is 20.3. The van der Waals surface area contributed by atoms with Crippen LogP contribution in [0.5, 0.6) is 11.5 Å². The number of hydrogen-bond donors (Lipinski definition) is 1. The van der Waals surface area contributed by atoms with Gasteiger partial charge < -0.3 is 9.47 Å². The van der Waals surface area contributed by atoms with Crippen molar-refractivity contribution in [1.82, 2.24) is 5.43 Å². The molecule has 5 nitrogen and oxygen atoms in total. The molecule has 0 radical (unpaired) electrons. The van der Waals surface area contributed by atoms with Gasteiger partial charge in [0.25, 0.3) is 5.91 Å². The monoisotopic (exact) mass is 494 g/mol. The van der Waals surface area contributed by atoms with Crippen molar-refractivity contribution in [2.75, 3.05) is 7.11 Å². The summed E-state index contributed by atoms with van der Waals surface area (Å²) >= 11 is 5.99. The van der Waals surface area contributed by atoms with Crippen molar-refractivity contribution in [2.45, 2.75) is 6.61 Å². The maximum absolute atomic E-state index is 13.0. The van der Waals surface area contributed by atoms with Crippen molar-refractivity contribution in [1.29, 1.82) is 0 Å². The molecule has 1 N–H and O–H groups in total. The van der Waals surface area contributed by atoms with Crippen LogP contribution in [0.3, 0.4) is 0 Å². The quantitative estimate of drug-likeness (QED) is 0.196. The summed E-state index contributed by atoms with van der Waals surface area (Å²) in [6, 6.07) is 30.8. The van der Waals surface area contributed by atoms with Gasteiger partial charge >= 0.3 is 0 Å². The zero-order chi connectivity index (χ0) is 24.9. The molecule has 0 aliphatic rings. The highest BCUT2D eigenvalue weighted by atomic mass is 35.5. The lowest BCUT2D eigenvalue weighted by atomic mass is 10.0. The average molecular weight is 495 g/mol. The van der Waals surface area contributed by atoms with Crippen LogP contribution in [0.15, 0.2) is 102 Å². The fourth-order valence-corrected chi connectivity index (χ4v) is 4.18. The molecule has 36 heavy (non-hydrogen) atoms. The number of ether oxygens (including phenoxy) is 2. The number of nitrogens with one attached hydrogen (secondary N) is 1. The Bertz CT molecular complexity index is 1580. The Kier molecular flexibility index (Phi) is 6.83. The smallest absolute Gasteiger partial charge is 0.275 e. The maximum Gasteiger partial charge on any atom is 0.275 e. The van der Waals surface area contributed by atoms with Crippen LogP contribution in [0.1, 0.15) is 21.5 Å². The molecule has 5 rings (SSSR count). The number of methoxy groups -OCH3 is 1. The summed E-state index contributed by atoms with van der Waals surface area (Å²) in [7, 11) is 1.55. The number of carbonyl (C=O) groups is 1. The van der Waals surface area contributed by atoms with Crippen molar-refractivity contribution in [3.05, 3.63) is 119 Å². The first-order valence-electron chi connectivity index (χ1n) is 11.4. The summed E-state index contributed by atoms with van der Waals surface area (Å²) in [6.07, 6.45) is 1.62. The van der Waals surface area contributed by atoms with Crippen LogP contribution in [0.2, 0.25) is 5.02 Å². The number of fused-ring (bicyclic) bond motifs is 2. The Morgan fingerprint density at radius 1 is 0.861 bits per heavy atom. The van der Waals surface area contributed by atoms with E-state index in [0.717, 1.165) is 32.7 Å². The highest BCUT2D eigenvalue weighted by molar-refractivity contribution is 6.30. The van der Waals surface area contributed by atoms with E-state index >= 15 is 0 Å². The van der Waals surface area contributed by atoms with Crippen molar-refractivity contribution in [3.8, 4) is 11.5 Å². The van der Waals surface area contributed by atoms with Gasteiger partial charge in [0.05, 0.1) is 18.9 Å². The molecule has 0 heterocycles. The highest BCUT2D eigenvalue weighted by Gasteiger charge is 2.14. The van der Waals surface area contributed by atoms with Crippen molar-refractivity contribution in [3.63, 3.8) is 0 Å². The fraction of sp³-hybridized carbons (Fsp3) is 0.0667. The molecular formula is C30H23ClN2O3. The first kappa shape index (κ1) is 23.4. The molecule has 0 saturated carbocycles. The fourth-order valence-electron chi connectivity index (χ4n) is 4.06. The second-order valence-electron chi connectivity index (χ2n) is 8.21. The molecule has 0 unspecified atom stereocenters. The Hall–Kier alpha value is -4.35. The van der Waals surface area contributed by atoms with Gasteiger partial charge in [-0.2, -0.15) is 5.10 Å². The first-order valence-corrected chi connectivity index (χ1v) is 11.8. The van der Waals surface area contributed by atoms with E-state index in [1.165, 1.54) is 0 Å². The van der Waals surface area contributed by atoms with Crippen LogP contribution >= 0.6 is 11.6 Å². The normalized spacial score (nSPS) is 11.2. The number of amides is 1. The average Bonchev–Trinajstić information content (AvgIpc) is 2.92. The number of benzene rings is 5. The second-order valence-corrected chi connectivity index (χ2v) is 8.65. The van der Waals surface area contributed by atoms with Crippen molar-refractivity contribution in [2.24, 2.45) is 5.10 Å². The first-order chi connectivity index (χ1) is 17.6. The molecule has 5 aromatic rings. The molecule has 0 aromatic heterocycles. The molecular weight excluding hydrogens is 472 g/mol. The predicted molar refractivity (Wildman–Crippen MR) is 145 cm³/mol. The van der Waals surface area contributed by atoms with Gasteiger partial charge in [-0.15, -0.1) is 0 Å². The number of nitrogens with zero attached hydrogens (tertiary/aromatic N) is 1. The van der Waals surface area contributed by atoms with Gasteiger partial charge in [-0.25, -0.2) is 5.43 Å². The Labute approximate surface area is 213 Å². The van der Waals surface area contributed by atoms with Gasteiger partial charge in [-0.05, 0) is 57.4 Å². The van der Waals surface area contributed by atoms with E-state index in [-0.39, 0.29) is 5.91 Å². The van der Waals surface area contributed by atoms with E-state index < -0.39 is 0 Å². The standard InChI is InChI=1S/C30H23ClN2O3/c1-35-29-17-23-8-3-2-7-22(23)16-26(29)30(34)33-32-18-27-25-9-5-4-6-21(25)12-15-28(27)36-19-20-10-13-24(31)14-11-20/h2-18H,19H2,1H3,(H,33,34)/b32-18-. The van der Waals surface area contributed by atoms with Gasteiger partial charge in [-0.1, -0.05) is 78.3 Å². The number of hydrogen-bond acceptors (Lipinski definition) is 4. The molecule has 0 spiro atoms. The number of rotatable bonds is 7. The summed E-state index contributed by atoms with van der Waals surface area (Å²) in [5, 5.41) is 8.89. The SMILES string of the molecule is COc1cc2ccccc2cc1C(=O)N/N=C\c1c(OCc2ccc(Cl)cc2)ccc2ccccc12. The van der Waals surface area contributed by atoms with Gasteiger partial charge in [0.15, 0.2) is 0 Å². The summed E-state index contributed by atoms with van der Waals surface area (Å²) in [5.41, 5.74) is 4.81. The van der Waals surface area contributed by atoms with E-state index in [1.807, 2.05) is 91.0 Å².